The first kappa shape index (κ1) is 27.5. The summed E-state index contributed by atoms with van der Waals surface area (Å²) >= 11 is 0. The Hall–Kier alpha value is -3.79. The Labute approximate surface area is 267 Å². The molecule has 45 heavy (non-hydrogen) atoms. The molecule has 3 aromatic carbocycles. The Morgan fingerprint density at radius 2 is 1.27 bits per heavy atom. The van der Waals surface area contributed by atoms with E-state index in [1.807, 2.05) is 0 Å². The van der Waals surface area contributed by atoms with Gasteiger partial charge in [0.1, 0.15) is 11.6 Å². The first-order valence-corrected chi connectivity index (χ1v) is 17.3. The molecule has 4 bridgehead atoms. The average Bonchev–Trinajstić information content (AvgIpc) is 3.58. The van der Waals surface area contributed by atoms with Crippen LogP contribution in [0.15, 0.2) is 84.9 Å². The molecule has 0 spiro atoms. The zero-order valence-corrected chi connectivity index (χ0v) is 27.0. The zero-order chi connectivity index (χ0) is 30.5. The van der Waals surface area contributed by atoms with Crippen molar-refractivity contribution in [1.29, 1.82) is 0 Å². The van der Waals surface area contributed by atoms with E-state index in [1.54, 1.807) is 0 Å². The van der Waals surface area contributed by atoms with E-state index < -0.39 is 0 Å². The fraction of sp³-hybridized carbons (Fsp3) is 0.439. The predicted molar refractivity (Wildman–Crippen MR) is 184 cm³/mol. The molecule has 0 aliphatic heterocycles. The van der Waals surface area contributed by atoms with Gasteiger partial charge in [-0.15, -0.1) is 0 Å². The normalized spacial score (nSPS) is 32.5. The Kier molecular flexibility index (Phi) is 6.02. The number of para-hydroxylation sites is 1. The van der Waals surface area contributed by atoms with Gasteiger partial charge in [0.25, 0.3) is 0 Å². The quantitative estimate of drug-likeness (QED) is 0.195. The molecular formula is C41H44N4. The lowest BCUT2D eigenvalue weighted by Gasteiger charge is -2.41. The smallest absolute Gasteiger partial charge is 0.238 e. The van der Waals surface area contributed by atoms with E-state index in [2.05, 4.69) is 105 Å². The van der Waals surface area contributed by atoms with Gasteiger partial charge in [0, 0.05) is 21.6 Å². The van der Waals surface area contributed by atoms with E-state index in [-0.39, 0.29) is 10.8 Å². The third-order valence-corrected chi connectivity index (χ3v) is 12.8. The highest BCUT2D eigenvalue weighted by atomic mass is 15.2. The van der Waals surface area contributed by atoms with Crippen molar-refractivity contribution >= 4 is 21.8 Å². The van der Waals surface area contributed by atoms with Crippen molar-refractivity contribution in [3.63, 3.8) is 0 Å². The van der Waals surface area contributed by atoms with E-state index in [0.29, 0.717) is 11.8 Å². The number of hydrogen-bond donors (Lipinski definition) is 0. The van der Waals surface area contributed by atoms with Gasteiger partial charge >= 0.3 is 0 Å². The molecule has 4 saturated carbocycles. The minimum absolute atomic E-state index is 0.0354. The number of rotatable bonds is 4. The molecule has 228 valence electrons. The monoisotopic (exact) mass is 592 g/mol. The zero-order valence-electron chi connectivity index (χ0n) is 27.0. The first-order valence-electron chi connectivity index (χ1n) is 17.3. The van der Waals surface area contributed by atoms with E-state index in [9.17, 15) is 0 Å². The lowest BCUT2D eigenvalue weighted by atomic mass is 9.65. The molecule has 4 unspecified atom stereocenters. The highest BCUT2D eigenvalue weighted by Crippen LogP contribution is 2.56. The van der Waals surface area contributed by atoms with Crippen LogP contribution in [-0.4, -0.2) is 19.5 Å². The molecule has 2 aromatic heterocycles. The van der Waals surface area contributed by atoms with Crippen LogP contribution in [0, 0.1) is 29.6 Å². The SMILES string of the molecule is C=C1C2CC[C@@H]1CC(C)(c1nc(-n3c4ccccc4c4c(-c5ccccc5)cccc43)nc(C3(C)CC4CCC(C3)C4C)n1)C2. The number of benzene rings is 3. The molecule has 4 fully saturated rings. The molecule has 0 radical (unpaired) electrons. The molecule has 5 atom stereocenters. The van der Waals surface area contributed by atoms with Gasteiger partial charge in [-0.25, -0.2) is 4.98 Å². The van der Waals surface area contributed by atoms with Crippen LogP contribution in [0.5, 0.6) is 0 Å². The highest BCUT2D eigenvalue weighted by Gasteiger charge is 2.50. The van der Waals surface area contributed by atoms with Crippen molar-refractivity contribution in [1.82, 2.24) is 19.5 Å². The fourth-order valence-electron chi connectivity index (χ4n) is 10.4. The minimum Gasteiger partial charge on any atom is -0.278 e. The van der Waals surface area contributed by atoms with E-state index >= 15 is 0 Å². The summed E-state index contributed by atoms with van der Waals surface area (Å²) in [6.45, 7) is 11.9. The van der Waals surface area contributed by atoms with Crippen molar-refractivity contribution in [2.75, 3.05) is 0 Å². The minimum atomic E-state index is -0.0786. The summed E-state index contributed by atoms with van der Waals surface area (Å²) in [5, 5.41) is 2.50. The van der Waals surface area contributed by atoms with Crippen LogP contribution in [0.2, 0.25) is 0 Å². The van der Waals surface area contributed by atoms with Crippen LogP contribution in [0.3, 0.4) is 0 Å². The second kappa shape index (κ2) is 9.85. The van der Waals surface area contributed by atoms with Crippen LogP contribution >= 0.6 is 0 Å². The van der Waals surface area contributed by atoms with Crippen molar-refractivity contribution in [2.24, 2.45) is 29.6 Å². The van der Waals surface area contributed by atoms with Crippen LogP contribution in [0.25, 0.3) is 38.9 Å². The largest absolute Gasteiger partial charge is 0.278 e. The van der Waals surface area contributed by atoms with Gasteiger partial charge in [-0.05, 0) is 104 Å². The summed E-state index contributed by atoms with van der Waals surface area (Å²) in [6, 6.07) is 26.3. The molecule has 4 aliphatic carbocycles. The topological polar surface area (TPSA) is 43.6 Å². The molecule has 4 aliphatic rings. The molecular weight excluding hydrogens is 548 g/mol. The van der Waals surface area contributed by atoms with Crippen molar-refractivity contribution < 1.29 is 0 Å². The summed E-state index contributed by atoms with van der Waals surface area (Å²) in [5.41, 5.74) is 6.15. The third kappa shape index (κ3) is 4.13. The number of hydrogen-bond acceptors (Lipinski definition) is 3. The molecule has 5 aromatic rings. The fourth-order valence-corrected chi connectivity index (χ4v) is 10.4. The first-order chi connectivity index (χ1) is 21.8. The number of fused-ring (bicyclic) bond motifs is 7. The van der Waals surface area contributed by atoms with Gasteiger partial charge < -0.3 is 0 Å². The summed E-state index contributed by atoms with van der Waals surface area (Å²) in [4.78, 5) is 16.6. The lowest BCUT2D eigenvalue weighted by molar-refractivity contribution is 0.154. The number of nitrogens with zero attached hydrogens (tertiary/aromatic N) is 4. The highest BCUT2D eigenvalue weighted by molar-refractivity contribution is 6.15. The maximum absolute atomic E-state index is 5.54. The Balaban J connectivity index is 1.29. The van der Waals surface area contributed by atoms with Crippen LogP contribution in [-0.2, 0) is 10.8 Å². The third-order valence-electron chi connectivity index (χ3n) is 12.8. The van der Waals surface area contributed by atoms with Gasteiger partial charge in [-0.1, -0.05) is 93.6 Å². The van der Waals surface area contributed by atoms with Crippen LogP contribution in [0.4, 0.5) is 0 Å². The standard InChI is InChI=1S/C41H44N4/c1-25-28-17-18-29(25)22-40(3,21-28)37-42-38(41(4)23-30-19-20-31(24-41)26(30)2)44-39(43-37)45-34-15-9-8-13-33(34)36-32(14-10-16-35(36)45)27-11-6-5-7-12-27/h5-16,26,28-31H,1,17-24H2,2-4H3/t26?,28-,29?,30?,31?,40?,41?/m1/s1. The number of allylic oxidation sites excluding steroid dienone is 1. The Bertz CT molecular complexity index is 1940. The molecule has 2 heterocycles. The molecule has 0 N–H and O–H groups in total. The second-order valence-electron chi connectivity index (χ2n) is 15.6. The van der Waals surface area contributed by atoms with E-state index in [1.165, 1.54) is 66.0 Å². The Morgan fingerprint density at radius 3 is 1.96 bits per heavy atom. The van der Waals surface area contributed by atoms with E-state index in [4.69, 9.17) is 15.0 Å². The summed E-state index contributed by atoms with van der Waals surface area (Å²) in [6.07, 6.45) is 9.77. The molecule has 4 nitrogen and oxygen atoms in total. The van der Waals surface area contributed by atoms with Gasteiger partial charge in [-0.3, -0.25) is 4.57 Å². The maximum Gasteiger partial charge on any atom is 0.238 e. The Morgan fingerprint density at radius 1 is 0.667 bits per heavy atom. The molecule has 0 saturated heterocycles. The van der Waals surface area contributed by atoms with Crippen LogP contribution in [0.1, 0.15) is 83.8 Å². The van der Waals surface area contributed by atoms with Crippen molar-refractivity contribution in [3.8, 4) is 17.1 Å². The van der Waals surface area contributed by atoms with Crippen molar-refractivity contribution in [3.05, 3.63) is 96.6 Å². The van der Waals surface area contributed by atoms with Crippen LogP contribution < -0.4 is 0 Å². The lowest BCUT2D eigenvalue weighted by Crippen LogP contribution is -2.39. The summed E-state index contributed by atoms with van der Waals surface area (Å²) < 4.78 is 2.34. The predicted octanol–water partition coefficient (Wildman–Crippen LogP) is 9.98. The molecule has 4 heteroatoms. The van der Waals surface area contributed by atoms with Gasteiger partial charge in [0.2, 0.25) is 5.95 Å². The average molecular weight is 593 g/mol. The number of aromatic nitrogens is 4. The molecule has 0 amide bonds. The second-order valence-corrected chi connectivity index (χ2v) is 15.6. The van der Waals surface area contributed by atoms with Gasteiger partial charge in [0.05, 0.1) is 11.0 Å². The maximum atomic E-state index is 5.54. The van der Waals surface area contributed by atoms with Crippen molar-refractivity contribution in [2.45, 2.75) is 83.0 Å². The summed E-state index contributed by atoms with van der Waals surface area (Å²) in [5.74, 6) is 6.33. The van der Waals surface area contributed by atoms with Gasteiger partial charge in [-0.2, -0.15) is 9.97 Å². The molecule has 9 rings (SSSR count). The summed E-state index contributed by atoms with van der Waals surface area (Å²) in [7, 11) is 0. The van der Waals surface area contributed by atoms with Gasteiger partial charge in [0.15, 0.2) is 0 Å². The van der Waals surface area contributed by atoms with E-state index in [0.717, 1.165) is 59.2 Å².